The van der Waals surface area contributed by atoms with Gasteiger partial charge in [-0.05, 0) is 106 Å². The molecule has 5 heteroatoms. The number of hydrogen-bond acceptors (Lipinski definition) is 2. The van der Waals surface area contributed by atoms with Crippen molar-refractivity contribution in [1.82, 2.24) is 10.2 Å². The molecular formula is C26H36F2N2O. The molecule has 7 atom stereocenters. The average Bonchev–Trinajstić information content (AvgIpc) is 3.04. The van der Waals surface area contributed by atoms with Crippen LogP contribution in [0, 0.1) is 40.2 Å². The molecule has 170 valence electrons. The Labute approximate surface area is 185 Å². The molecule has 0 radical (unpaired) electrons. The second kappa shape index (κ2) is 7.54. The van der Waals surface area contributed by atoms with Gasteiger partial charge in [-0.2, -0.15) is 0 Å². The lowest BCUT2D eigenvalue weighted by atomic mass is 9.47. The van der Waals surface area contributed by atoms with Crippen molar-refractivity contribution in [2.45, 2.75) is 77.3 Å². The highest BCUT2D eigenvalue weighted by Crippen LogP contribution is 2.64. The molecule has 1 aromatic carbocycles. The standard InChI is InChI=1S/C26H36F2N2O/c1-25-13-11-20-17(7-10-23-26(20,2)12-4-14-30(23)3)19(25)8-9-22(25)29-24(31)18-6-5-16(27)15-21(18)28/h5-6,15,17,19-20,22-23H,4,7-14H2,1-3H3,(H,29,31)/t17-,19-,20+,22?,23?,25-,26+/m0/s1. The summed E-state index contributed by atoms with van der Waals surface area (Å²) in [7, 11) is 2.31. The predicted molar refractivity (Wildman–Crippen MR) is 118 cm³/mol. The van der Waals surface area contributed by atoms with Crippen molar-refractivity contribution in [3.63, 3.8) is 0 Å². The zero-order valence-electron chi connectivity index (χ0n) is 19.1. The van der Waals surface area contributed by atoms with E-state index in [1.54, 1.807) is 0 Å². The zero-order chi connectivity index (χ0) is 22.0. The number of amides is 1. The molecule has 3 aliphatic carbocycles. The highest BCUT2D eigenvalue weighted by atomic mass is 19.1. The summed E-state index contributed by atoms with van der Waals surface area (Å²) in [5.41, 5.74) is 0.424. The molecule has 1 aromatic rings. The topological polar surface area (TPSA) is 32.3 Å². The van der Waals surface area contributed by atoms with E-state index in [-0.39, 0.29) is 17.0 Å². The first kappa shape index (κ1) is 21.4. The van der Waals surface area contributed by atoms with Gasteiger partial charge in [0.2, 0.25) is 0 Å². The molecule has 31 heavy (non-hydrogen) atoms. The van der Waals surface area contributed by atoms with Gasteiger partial charge in [-0.1, -0.05) is 13.8 Å². The Morgan fingerprint density at radius 1 is 1.03 bits per heavy atom. The Kier molecular flexibility index (Phi) is 5.19. The molecule has 1 N–H and O–H groups in total. The summed E-state index contributed by atoms with van der Waals surface area (Å²) in [6.07, 6.45) is 9.69. The lowest BCUT2D eigenvalue weighted by Gasteiger charge is -2.62. The van der Waals surface area contributed by atoms with Crippen LogP contribution < -0.4 is 5.32 Å². The highest BCUT2D eigenvalue weighted by molar-refractivity contribution is 5.94. The van der Waals surface area contributed by atoms with Crippen LogP contribution in [0.5, 0.6) is 0 Å². The van der Waals surface area contributed by atoms with Crippen LogP contribution in [0.15, 0.2) is 18.2 Å². The Morgan fingerprint density at radius 2 is 1.81 bits per heavy atom. The Hall–Kier alpha value is -1.49. The van der Waals surface area contributed by atoms with E-state index < -0.39 is 17.5 Å². The third-order valence-corrected chi connectivity index (χ3v) is 10.1. The smallest absolute Gasteiger partial charge is 0.254 e. The van der Waals surface area contributed by atoms with Gasteiger partial charge in [0.05, 0.1) is 5.56 Å². The number of carbonyl (C=O) groups is 1. The maximum Gasteiger partial charge on any atom is 0.254 e. The van der Waals surface area contributed by atoms with Crippen LogP contribution in [-0.2, 0) is 0 Å². The summed E-state index contributed by atoms with van der Waals surface area (Å²) in [5.74, 6) is 0.286. The van der Waals surface area contributed by atoms with Gasteiger partial charge in [0.1, 0.15) is 11.6 Å². The van der Waals surface area contributed by atoms with Crippen molar-refractivity contribution in [2.24, 2.45) is 28.6 Å². The van der Waals surface area contributed by atoms with E-state index in [1.807, 2.05) is 0 Å². The molecule has 0 bridgehead atoms. The second-order valence-electron chi connectivity index (χ2n) is 11.3. The molecular weight excluding hydrogens is 394 g/mol. The maximum absolute atomic E-state index is 14.2. The number of halogens is 2. The number of nitrogens with zero attached hydrogens (tertiary/aromatic N) is 1. The number of fused-ring (bicyclic) bond motifs is 5. The Balaban J connectivity index is 1.35. The normalized spacial score (nSPS) is 42.4. The van der Waals surface area contributed by atoms with Gasteiger partial charge in [-0.25, -0.2) is 8.78 Å². The summed E-state index contributed by atoms with van der Waals surface area (Å²) in [6, 6.07) is 3.98. The fourth-order valence-electron chi connectivity index (χ4n) is 8.52. The van der Waals surface area contributed by atoms with Crippen LogP contribution in [0.4, 0.5) is 8.78 Å². The molecule has 1 aliphatic heterocycles. The van der Waals surface area contributed by atoms with Crippen molar-refractivity contribution >= 4 is 5.91 Å². The van der Waals surface area contributed by atoms with Crippen LogP contribution >= 0.6 is 0 Å². The highest BCUT2D eigenvalue weighted by Gasteiger charge is 2.60. The number of benzene rings is 1. The Bertz CT molecular complexity index is 875. The van der Waals surface area contributed by atoms with Crippen molar-refractivity contribution in [1.29, 1.82) is 0 Å². The number of piperidine rings is 1. The number of hydrogen-bond donors (Lipinski definition) is 1. The first-order chi connectivity index (χ1) is 14.7. The molecule has 5 rings (SSSR count). The summed E-state index contributed by atoms with van der Waals surface area (Å²) < 4.78 is 27.4. The van der Waals surface area contributed by atoms with Crippen molar-refractivity contribution in [3.05, 3.63) is 35.4 Å². The van der Waals surface area contributed by atoms with E-state index in [0.717, 1.165) is 43.2 Å². The van der Waals surface area contributed by atoms with Crippen LogP contribution in [0.2, 0.25) is 0 Å². The lowest BCUT2D eigenvalue weighted by molar-refractivity contribution is -0.119. The molecule has 0 spiro atoms. The van der Waals surface area contributed by atoms with E-state index in [9.17, 15) is 13.6 Å². The van der Waals surface area contributed by atoms with E-state index in [2.05, 4.69) is 31.1 Å². The van der Waals surface area contributed by atoms with Gasteiger partial charge < -0.3 is 10.2 Å². The summed E-state index contributed by atoms with van der Waals surface area (Å²) in [5, 5.41) is 3.15. The molecule has 3 saturated carbocycles. The molecule has 3 nitrogen and oxygen atoms in total. The van der Waals surface area contributed by atoms with Gasteiger partial charge >= 0.3 is 0 Å². The van der Waals surface area contributed by atoms with Gasteiger partial charge in [0.15, 0.2) is 0 Å². The van der Waals surface area contributed by atoms with Crippen LogP contribution in [0.3, 0.4) is 0 Å². The number of nitrogens with one attached hydrogen (secondary N) is 1. The van der Waals surface area contributed by atoms with E-state index in [4.69, 9.17) is 0 Å². The van der Waals surface area contributed by atoms with Gasteiger partial charge in [0.25, 0.3) is 5.91 Å². The molecule has 4 fully saturated rings. The third kappa shape index (κ3) is 3.25. The van der Waals surface area contributed by atoms with Crippen molar-refractivity contribution in [2.75, 3.05) is 13.6 Å². The summed E-state index contributed by atoms with van der Waals surface area (Å²) in [4.78, 5) is 15.4. The van der Waals surface area contributed by atoms with Gasteiger partial charge in [-0.15, -0.1) is 0 Å². The predicted octanol–water partition coefficient (Wildman–Crippen LogP) is 5.40. The molecule has 0 aromatic heterocycles. The molecule has 1 saturated heterocycles. The van der Waals surface area contributed by atoms with Crippen LogP contribution in [0.25, 0.3) is 0 Å². The molecule has 1 amide bonds. The SMILES string of the molecule is CN1CCC[C@@]2(C)C1CC[C@@H]1[C@H]2CC[C@]2(C)C(NC(=O)c3ccc(F)cc3F)CC[C@@H]12. The van der Waals surface area contributed by atoms with Gasteiger partial charge in [0, 0.05) is 18.2 Å². The maximum atomic E-state index is 14.2. The first-order valence-electron chi connectivity index (χ1n) is 12.2. The van der Waals surface area contributed by atoms with E-state index in [0.29, 0.717) is 17.4 Å². The van der Waals surface area contributed by atoms with Crippen molar-refractivity contribution in [3.8, 4) is 0 Å². The van der Waals surface area contributed by atoms with Crippen LogP contribution in [-0.4, -0.2) is 36.5 Å². The van der Waals surface area contributed by atoms with E-state index in [1.165, 1.54) is 44.7 Å². The Morgan fingerprint density at radius 3 is 2.58 bits per heavy atom. The van der Waals surface area contributed by atoms with Crippen molar-refractivity contribution < 1.29 is 13.6 Å². The minimum absolute atomic E-state index is 0.0552. The number of rotatable bonds is 2. The minimum atomic E-state index is -0.784. The monoisotopic (exact) mass is 430 g/mol. The molecule has 2 unspecified atom stereocenters. The first-order valence-corrected chi connectivity index (χ1v) is 12.2. The number of carbonyl (C=O) groups excluding carboxylic acids is 1. The second-order valence-corrected chi connectivity index (χ2v) is 11.3. The average molecular weight is 431 g/mol. The summed E-state index contributed by atoms with van der Waals surface area (Å²) >= 11 is 0. The lowest BCUT2D eigenvalue weighted by Crippen LogP contribution is -2.60. The largest absolute Gasteiger partial charge is 0.349 e. The molecule has 1 heterocycles. The fraction of sp³-hybridized carbons (Fsp3) is 0.731. The van der Waals surface area contributed by atoms with Crippen LogP contribution in [0.1, 0.15) is 75.6 Å². The summed E-state index contributed by atoms with van der Waals surface area (Å²) in [6.45, 7) is 6.14. The minimum Gasteiger partial charge on any atom is -0.349 e. The van der Waals surface area contributed by atoms with Gasteiger partial charge in [-0.3, -0.25) is 4.79 Å². The number of likely N-dealkylation sites (tertiary alicyclic amines) is 1. The van der Waals surface area contributed by atoms with E-state index >= 15 is 0 Å². The molecule has 4 aliphatic rings. The zero-order valence-corrected chi connectivity index (χ0v) is 19.1. The third-order valence-electron chi connectivity index (χ3n) is 10.1. The fourth-order valence-corrected chi connectivity index (χ4v) is 8.52. The quantitative estimate of drug-likeness (QED) is 0.681.